The topological polar surface area (TPSA) is 86.7 Å². The summed E-state index contributed by atoms with van der Waals surface area (Å²) in [6.45, 7) is 6.00. The van der Waals surface area contributed by atoms with E-state index in [-0.39, 0.29) is 17.9 Å². The number of aliphatic carboxylic acids is 1. The van der Waals surface area contributed by atoms with Gasteiger partial charge in [-0.2, -0.15) is 0 Å². The Bertz CT molecular complexity index is 624. The number of nitrogens with zero attached hydrogens (tertiary/aromatic N) is 1. The second-order valence-corrected chi connectivity index (χ2v) is 6.56. The molecule has 0 heterocycles. The summed E-state index contributed by atoms with van der Waals surface area (Å²) in [7, 11) is 0. The Balaban J connectivity index is 1.96. The first kappa shape index (κ1) is 18.0. The van der Waals surface area contributed by atoms with Gasteiger partial charge in [0.1, 0.15) is 0 Å². The van der Waals surface area contributed by atoms with Crippen LogP contribution in [0.2, 0.25) is 0 Å². The summed E-state index contributed by atoms with van der Waals surface area (Å²) < 4.78 is 0. The number of rotatable bonds is 6. The highest BCUT2D eigenvalue weighted by Crippen LogP contribution is 2.35. The summed E-state index contributed by atoms with van der Waals surface area (Å²) in [5.41, 5.74) is 1.61. The first-order valence-electron chi connectivity index (χ1n) is 8.19. The van der Waals surface area contributed by atoms with Gasteiger partial charge in [-0.3, -0.25) is 14.4 Å². The highest BCUT2D eigenvalue weighted by atomic mass is 16.4. The number of nitrogens with one attached hydrogen (secondary N) is 1. The van der Waals surface area contributed by atoms with Crippen molar-refractivity contribution < 1.29 is 19.5 Å². The molecule has 24 heavy (non-hydrogen) atoms. The third kappa shape index (κ3) is 4.13. The van der Waals surface area contributed by atoms with Crippen LogP contribution < -0.4 is 5.32 Å². The number of carboxylic acid groups (broad SMARTS) is 1. The standard InChI is InChI=1S/C18H24N2O4/c1-11(2)20(12(3)21)10-13-4-6-14(7-5-13)19-17(22)15-8-9-16(15)18(23)24/h4-7,11,15-16H,8-10H2,1-3H3,(H,19,22)(H,23,24). The zero-order valence-corrected chi connectivity index (χ0v) is 14.3. The second kappa shape index (κ2) is 7.47. The molecule has 1 fully saturated rings. The Kier molecular flexibility index (Phi) is 5.59. The summed E-state index contributed by atoms with van der Waals surface area (Å²) >= 11 is 0. The molecule has 2 N–H and O–H groups in total. The van der Waals surface area contributed by atoms with E-state index in [2.05, 4.69) is 5.32 Å². The Morgan fingerprint density at radius 1 is 1.17 bits per heavy atom. The van der Waals surface area contributed by atoms with Gasteiger partial charge in [0.05, 0.1) is 11.8 Å². The van der Waals surface area contributed by atoms with Crippen molar-refractivity contribution in [3.63, 3.8) is 0 Å². The van der Waals surface area contributed by atoms with Crippen LogP contribution in [0.5, 0.6) is 0 Å². The van der Waals surface area contributed by atoms with Crippen LogP contribution in [0.4, 0.5) is 5.69 Å². The van der Waals surface area contributed by atoms with Crippen LogP contribution in [-0.4, -0.2) is 33.8 Å². The fourth-order valence-electron chi connectivity index (χ4n) is 2.89. The smallest absolute Gasteiger partial charge is 0.307 e. The minimum absolute atomic E-state index is 0.0204. The minimum atomic E-state index is -0.908. The van der Waals surface area contributed by atoms with Crippen LogP contribution in [-0.2, 0) is 20.9 Å². The number of hydrogen-bond acceptors (Lipinski definition) is 3. The summed E-state index contributed by atoms with van der Waals surface area (Å²) in [4.78, 5) is 36.5. The lowest BCUT2D eigenvalue weighted by molar-refractivity contribution is -0.151. The van der Waals surface area contributed by atoms with E-state index in [9.17, 15) is 14.4 Å². The molecule has 1 aliphatic rings. The van der Waals surface area contributed by atoms with E-state index in [0.717, 1.165) is 5.56 Å². The largest absolute Gasteiger partial charge is 0.481 e. The first-order chi connectivity index (χ1) is 11.3. The van der Waals surface area contributed by atoms with Gasteiger partial charge >= 0.3 is 5.97 Å². The molecule has 2 unspecified atom stereocenters. The Labute approximate surface area is 141 Å². The summed E-state index contributed by atoms with van der Waals surface area (Å²) in [5, 5.41) is 11.8. The summed E-state index contributed by atoms with van der Waals surface area (Å²) in [5.74, 6) is -2.15. The van der Waals surface area contributed by atoms with Gasteiger partial charge in [0.25, 0.3) is 0 Å². The molecule has 0 bridgehead atoms. The van der Waals surface area contributed by atoms with Crippen LogP contribution in [0.1, 0.15) is 39.2 Å². The van der Waals surface area contributed by atoms with E-state index in [0.29, 0.717) is 25.1 Å². The first-order valence-corrected chi connectivity index (χ1v) is 8.19. The molecule has 1 aliphatic carbocycles. The molecule has 2 atom stereocenters. The molecule has 130 valence electrons. The molecular weight excluding hydrogens is 308 g/mol. The highest BCUT2D eigenvalue weighted by molar-refractivity contribution is 5.96. The number of amides is 2. The van der Waals surface area contributed by atoms with Gasteiger partial charge in [-0.1, -0.05) is 12.1 Å². The molecule has 6 heteroatoms. The van der Waals surface area contributed by atoms with Gasteiger partial charge in [0.15, 0.2) is 0 Å². The molecule has 1 saturated carbocycles. The van der Waals surface area contributed by atoms with Gasteiger partial charge in [-0.15, -0.1) is 0 Å². The molecule has 1 aromatic rings. The molecule has 0 aliphatic heterocycles. The molecule has 1 aromatic carbocycles. The maximum Gasteiger partial charge on any atom is 0.307 e. The fraction of sp³-hybridized carbons (Fsp3) is 0.500. The number of carbonyl (C=O) groups excluding carboxylic acids is 2. The maximum atomic E-state index is 12.1. The van der Waals surface area contributed by atoms with Crippen molar-refractivity contribution in [2.45, 2.75) is 46.2 Å². The number of benzene rings is 1. The normalized spacial score (nSPS) is 19.5. The number of hydrogen-bond donors (Lipinski definition) is 2. The van der Waals surface area contributed by atoms with E-state index < -0.39 is 17.8 Å². The van der Waals surface area contributed by atoms with Gasteiger partial charge < -0.3 is 15.3 Å². The molecule has 2 rings (SSSR count). The number of anilines is 1. The van der Waals surface area contributed by atoms with Crippen LogP contribution >= 0.6 is 0 Å². The molecule has 0 radical (unpaired) electrons. The summed E-state index contributed by atoms with van der Waals surface area (Å²) in [6, 6.07) is 7.40. The van der Waals surface area contributed by atoms with Crippen molar-refractivity contribution >= 4 is 23.5 Å². The zero-order chi connectivity index (χ0) is 17.9. The SMILES string of the molecule is CC(=O)N(Cc1ccc(NC(=O)C2CCC2C(=O)O)cc1)C(C)C. The molecular formula is C18H24N2O4. The zero-order valence-electron chi connectivity index (χ0n) is 14.3. The van der Waals surface area contributed by atoms with Crippen molar-refractivity contribution in [1.82, 2.24) is 4.90 Å². The lowest BCUT2D eigenvalue weighted by atomic mass is 9.73. The van der Waals surface area contributed by atoms with Gasteiger partial charge in [0, 0.05) is 25.2 Å². The Morgan fingerprint density at radius 3 is 2.17 bits per heavy atom. The quantitative estimate of drug-likeness (QED) is 0.838. The van der Waals surface area contributed by atoms with Crippen LogP contribution in [0.3, 0.4) is 0 Å². The van der Waals surface area contributed by atoms with E-state index >= 15 is 0 Å². The summed E-state index contributed by atoms with van der Waals surface area (Å²) in [6.07, 6.45) is 1.17. The second-order valence-electron chi connectivity index (χ2n) is 6.56. The van der Waals surface area contributed by atoms with Crippen molar-refractivity contribution in [2.24, 2.45) is 11.8 Å². The lowest BCUT2D eigenvalue weighted by Gasteiger charge is -2.31. The van der Waals surface area contributed by atoms with E-state index in [1.54, 1.807) is 24.0 Å². The molecule has 0 spiro atoms. The van der Waals surface area contributed by atoms with Crippen molar-refractivity contribution in [1.29, 1.82) is 0 Å². The average molecular weight is 332 g/mol. The molecule has 0 saturated heterocycles. The number of carboxylic acids is 1. The minimum Gasteiger partial charge on any atom is -0.481 e. The van der Waals surface area contributed by atoms with Crippen molar-refractivity contribution in [3.05, 3.63) is 29.8 Å². The van der Waals surface area contributed by atoms with Gasteiger partial charge in [-0.05, 0) is 44.4 Å². The van der Waals surface area contributed by atoms with Crippen molar-refractivity contribution in [2.75, 3.05) is 5.32 Å². The third-order valence-corrected chi connectivity index (χ3v) is 4.53. The Morgan fingerprint density at radius 2 is 1.75 bits per heavy atom. The van der Waals surface area contributed by atoms with Crippen molar-refractivity contribution in [3.8, 4) is 0 Å². The third-order valence-electron chi connectivity index (χ3n) is 4.53. The average Bonchev–Trinajstić information content (AvgIpc) is 2.43. The van der Waals surface area contributed by atoms with E-state index in [1.807, 2.05) is 26.0 Å². The van der Waals surface area contributed by atoms with Crippen LogP contribution in [0.25, 0.3) is 0 Å². The van der Waals surface area contributed by atoms with Crippen LogP contribution in [0.15, 0.2) is 24.3 Å². The predicted octanol–water partition coefficient (Wildman–Crippen LogP) is 2.49. The van der Waals surface area contributed by atoms with Gasteiger partial charge in [0.2, 0.25) is 11.8 Å². The predicted molar refractivity (Wildman–Crippen MR) is 90.3 cm³/mol. The van der Waals surface area contributed by atoms with Crippen LogP contribution in [0, 0.1) is 11.8 Å². The lowest BCUT2D eigenvalue weighted by Crippen LogP contribution is -2.41. The van der Waals surface area contributed by atoms with E-state index in [4.69, 9.17) is 5.11 Å². The highest BCUT2D eigenvalue weighted by Gasteiger charge is 2.41. The fourth-order valence-corrected chi connectivity index (χ4v) is 2.89. The molecule has 0 aromatic heterocycles. The number of carbonyl (C=O) groups is 3. The maximum absolute atomic E-state index is 12.1. The molecule has 2 amide bonds. The monoisotopic (exact) mass is 332 g/mol. The Hall–Kier alpha value is -2.37. The van der Waals surface area contributed by atoms with E-state index in [1.165, 1.54) is 0 Å². The molecule has 6 nitrogen and oxygen atoms in total. The van der Waals surface area contributed by atoms with Gasteiger partial charge in [-0.25, -0.2) is 0 Å².